The van der Waals surface area contributed by atoms with E-state index in [9.17, 15) is 9.59 Å². The van der Waals surface area contributed by atoms with Crippen LogP contribution in [0.5, 0.6) is 0 Å². The second kappa shape index (κ2) is 8.64. The Labute approximate surface area is 188 Å². The van der Waals surface area contributed by atoms with Crippen molar-refractivity contribution in [3.63, 3.8) is 0 Å². The number of H-pyrrole nitrogens is 1. The number of hydrogen-bond acceptors (Lipinski definition) is 6. The quantitative estimate of drug-likeness (QED) is 0.297. The maximum absolute atomic E-state index is 13.2. The van der Waals surface area contributed by atoms with E-state index in [1.807, 2.05) is 73.2 Å². The lowest BCUT2D eigenvalue weighted by Gasteiger charge is -2.13. The zero-order valence-corrected chi connectivity index (χ0v) is 19.3. The molecule has 0 bridgehead atoms. The van der Waals surface area contributed by atoms with E-state index >= 15 is 0 Å². The molecule has 0 aliphatic rings. The van der Waals surface area contributed by atoms with E-state index in [4.69, 9.17) is 0 Å². The third kappa shape index (κ3) is 4.00. The molecule has 1 unspecified atom stereocenters. The van der Waals surface area contributed by atoms with Crippen molar-refractivity contribution in [2.45, 2.75) is 38.1 Å². The summed E-state index contributed by atoms with van der Waals surface area (Å²) in [5.74, 6) is 0.627. The fourth-order valence-corrected chi connectivity index (χ4v) is 5.29. The number of rotatable bonds is 7. The second-order valence-corrected chi connectivity index (χ2v) is 9.52. The van der Waals surface area contributed by atoms with Gasteiger partial charge in [-0.2, -0.15) is 0 Å². The third-order valence-electron chi connectivity index (χ3n) is 5.08. The number of para-hydroxylation sites is 1. The summed E-state index contributed by atoms with van der Waals surface area (Å²) in [4.78, 5) is 29.3. The van der Waals surface area contributed by atoms with Gasteiger partial charge in [-0.3, -0.25) is 14.2 Å². The highest BCUT2D eigenvalue weighted by molar-refractivity contribution is 8.00. The van der Waals surface area contributed by atoms with Gasteiger partial charge in [0, 0.05) is 16.9 Å². The predicted molar refractivity (Wildman–Crippen MR) is 125 cm³/mol. The number of aryl methyl sites for hydroxylation is 1. The van der Waals surface area contributed by atoms with Crippen molar-refractivity contribution >= 4 is 34.7 Å². The summed E-state index contributed by atoms with van der Waals surface area (Å²) < 4.78 is 1.98. The van der Waals surface area contributed by atoms with Crippen molar-refractivity contribution in [3.05, 3.63) is 70.4 Å². The van der Waals surface area contributed by atoms with E-state index in [-0.39, 0.29) is 11.6 Å². The predicted octanol–water partition coefficient (Wildman–Crippen LogP) is 5.51. The number of carbonyl (C=O) groups excluding carboxylic acids is 2. The van der Waals surface area contributed by atoms with Gasteiger partial charge in [0.05, 0.1) is 15.8 Å². The smallest absolute Gasteiger partial charge is 0.196 e. The van der Waals surface area contributed by atoms with Crippen LogP contribution < -0.4 is 0 Å². The molecule has 1 N–H and O–H groups in total. The first-order chi connectivity index (χ1) is 14.9. The van der Waals surface area contributed by atoms with Crippen molar-refractivity contribution < 1.29 is 9.59 Å². The zero-order chi connectivity index (χ0) is 22.1. The minimum absolute atomic E-state index is 0.0463. The van der Waals surface area contributed by atoms with Gasteiger partial charge in [0.1, 0.15) is 0 Å². The van der Waals surface area contributed by atoms with Crippen molar-refractivity contribution in [1.82, 2.24) is 19.7 Å². The number of aromatic nitrogens is 4. The van der Waals surface area contributed by atoms with E-state index in [1.165, 1.54) is 18.7 Å². The lowest BCUT2D eigenvalue weighted by Crippen LogP contribution is -2.16. The van der Waals surface area contributed by atoms with Crippen LogP contribution in [0, 0.1) is 13.8 Å². The summed E-state index contributed by atoms with van der Waals surface area (Å²) in [6.07, 6.45) is 0. The summed E-state index contributed by atoms with van der Waals surface area (Å²) in [6, 6.07) is 13.9. The highest BCUT2D eigenvalue weighted by Crippen LogP contribution is 2.33. The minimum atomic E-state index is -0.417. The van der Waals surface area contributed by atoms with Crippen molar-refractivity contribution in [2.24, 2.45) is 0 Å². The fourth-order valence-electron chi connectivity index (χ4n) is 3.66. The van der Waals surface area contributed by atoms with Crippen LogP contribution in [0.2, 0.25) is 0 Å². The number of aromatic amines is 1. The van der Waals surface area contributed by atoms with Gasteiger partial charge in [0.15, 0.2) is 22.5 Å². The Kier molecular flexibility index (Phi) is 5.93. The van der Waals surface area contributed by atoms with Crippen molar-refractivity contribution in [2.75, 3.05) is 0 Å². The molecule has 4 rings (SSSR count). The average Bonchev–Trinajstić information content (AvgIpc) is 3.47. The molecule has 0 aliphatic carbocycles. The zero-order valence-electron chi connectivity index (χ0n) is 17.7. The lowest BCUT2D eigenvalue weighted by atomic mass is 10.0. The highest BCUT2D eigenvalue weighted by Gasteiger charge is 2.27. The topological polar surface area (TPSA) is 80.6 Å². The Bertz CT molecular complexity index is 1240. The number of thiophene rings is 1. The fraction of sp³-hybridized carbons (Fsp3) is 0.217. The van der Waals surface area contributed by atoms with Crippen LogP contribution in [0.3, 0.4) is 0 Å². The number of ketones is 2. The van der Waals surface area contributed by atoms with Crippen molar-refractivity contribution in [3.8, 4) is 16.4 Å². The molecule has 6 nitrogen and oxygen atoms in total. The Morgan fingerprint density at radius 3 is 2.45 bits per heavy atom. The summed E-state index contributed by atoms with van der Waals surface area (Å²) in [5.41, 5.74) is 3.42. The van der Waals surface area contributed by atoms with Crippen LogP contribution >= 0.6 is 23.1 Å². The SMILES string of the molecule is CC(=O)c1c(C)[nH]c(C(=O)C(C)Sc2nnc(-c3cccs3)n2-c2ccccc2)c1C. The maximum Gasteiger partial charge on any atom is 0.196 e. The molecular weight excluding hydrogens is 428 g/mol. The lowest BCUT2D eigenvalue weighted by molar-refractivity contribution is 0.0988. The summed E-state index contributed by atoms with van der Waals surface area (Å²) in [6.45, 7) is 7.00. The van der Waals surface area contributed by atoms with E-state index in [0.717, 1.165) is 22.1 Å². The van der Waals surface area contributed by atoms with Gasteiger partial charge >= 0.3 is 0 Å². The van der Waals surface area contributed by atoms with Gasteiger partial charge in [0.2, 0.25) is 0 Å². The van der Waals surface area contributed by atoms with Gasteiger partial charge < -0.3 is 4.98 Å². The Hall–Kier alpha value is -2.97. The van der Waals surface area contributed by atoms with Gasteiger partial charge in [-0.15, -0.1) is 21.5 Å². The molecule has 31 heavy (non-hydrogen) atoms. The molecule has 0 spiro atoms. The molecule has 158 valence electrons. The number of thioether (sulfide) groups is 1. The molecule has 4 aromatic rings. The minimum Gasteiger partial charge on any atom is -0.355 e. The van der Waals surface area contributed by atoms with Gasteiger partial charge in [0.25, 0.3) is 0 Å². The normalized spacial score (nSPS) is 12.1. The Morgan fingerprint density at radius 1 is 1.10 bits per heavy atom. The number of hydrogen-bond donors (Lipinski definition) is 1. The van der Waals surface area contributed by atoms with E-state index in [2.05, 4.69) is 15.2 Å². The summed E-state index contributed by atoms with van der Waals surface area (Å²) in [7, 11) is 0. The maximum atomic E-state index is 13.2. The highest BCUT2D eigenvalue weighted by atomic mass is 32.2. The first kappa shape index (κ1) is 21.3. The third-order valence-corrected chi connectivity index (χ3v) is 6.99. The molecule has 0 amide bonds. The molecular formula is C23H22N4O2S2. The number of benzene rings is 1. The van der Waals surface area contributed by atoms with Crippen LogP contribution in [-0.4, -0.2) is 36.6 Å². The largest absolute Gasteiger partial charge is 0.355 e. The number of nitrogens with zero attached hydrogens (tertiary/aromatic N) is 3. The molecule has 0 saturated carbocycles. The van der Waals surface area contributed by atoms with Crippen LogP contribution in [0.15, 0.2) is 53.0 Å². The summed E-state index contributed by atoms with van der Waals surface area (Å²) in [5, 5.41) is 11.0. The second-order valence-electron chi connectivity index (χ2n) is 7.26. The van der Waals surface area contributed by atoms with E-state index in [0.29, 0.717) is 22.0 Å². The standard InChI is InChI=1S/C23H22N4O2S2/c1-13-19(15(3)28)14(2)24-20(13)21(29)16(4)31-23-26-25-22(18-11-8-12-30-18)27(23)17-9-6-5-7-10-17/h5-12,16,24H,1-4H3. The molecule has 0 fully saturated rings. The Morgan fingerprint density at radius 2 is 1.84 bits per heavy atom. The van der Waals surface area contributed by atoms with E-state index in [1.54, 1.807) is 11.3 Å². The molecule has 0 radical (unpaired) electrons. The molecule has 0 aliphatic heterocycles. The van der Waals surface area contributed by atoms with Crippen LogP contribution in [0.4, 0.5) is 0 Å². The van der Waals surface area contributed by atoms with Gasteiger partial charge in [-0.05, 0) is 56.8 Å². The Balaban J connectivity index is 1.69. The number of nitrogens with one attached hydrogen (secondary N) is 1. The van der Waals surface area contributed by atoms with Gasteiger partial charge in [-0.1, -0.05) is 36.0 Å². The van der Waals surface area contributed by atoms with Crippen molar-refractivity contribution in [1.29, 1.82) is 0 Å². The van der Waals surface area contributed by atoms with Gasteiger partial charge in [-0.25, -0.2) is 0 Å². The molecule has 1 atom stereocenters. The number of carbonyl (C=O) groups is 2. The molecule has 8 heteroatoms. The first-order valence-electron chi connectivity index (χ1n) is 9.84. The summed E-state index contributed by atoms with van der Waals surface area (Å²) >= 11 is 2.95. The molecule has 3 heterocycles. The van der Waals surface area contributed by atoms with Crippen LogP contribution in [-0.2, 0) is 0 Å². The molecule has 1 aromatic carbocycles. The average molecular weight is 451 g/mol. The monoisotopic (exact) mass is 450 g/mol. The van der Waals surface area contributed by atoms with Crippen LogP contribution in [0.25, 0.3) is 16.4 Å². The van der Waals surface area contributed by atoms with E-state index < -0.39 is 5.25 Å². The first-order valence-corrected chi connectivity index (χ1v) is 11.6. The molecule has 3 aromatic heterocycles. The number of Topliss-reactive ketones (excluding diaryl/α,β-unsaturated/α-hetero) is 2. The van der Waals surface area contributed by atoms with Crippen LogP contribution in [0.1, 0.15) is 46.0 Å². The molecule has 0 saturated heterocycles.